The number of aromatic nitrogens is 4. The van der Waals surface area contributed by atoms with Crippen LogP contribution in [0.3, 0.4) is 0 Å². The number of ether oxygens (including phenoxy) is 3. The normalized spacial score (nSPS) is 18.4. The molecule has 3 heterocycles. The van der Waals surface area contributed by atoms with E-state index in [-0.39, 0.29) is 37.4 Å². The summed E-state index contributed by atoms with van der Waals surface area (Å²) >= 11 is 0. The molecule has 49 heavy (non-hydrogen) atoms. The van der Waals surface area contributed by atoms with Gasteiger partial charge in [-0.2, -0.15) is 9.97 Å². The Hall–Kier alpha value is -4.35. The number of hydrogen-bond acceptors (Lipinski definition) is 11. The Kier molecular flexibility index (Phi) is 12.4. The monoisotopic (exact) mass is 688 g/mol. The van der Waals surface area contributed by atoms with Gasteiger partial charge in [0.25, 0.3) is 0 Å². The van der Waals surface area contributed by atoms with Gasteiger partial charge in [-0.15, -0.1) is 0 Å². The van der Waals surface area contributed by atoms with Gasteiger partial charge in [-0.1, -0.05) is 87.5 Å². The van der Waals surface area contributed by atoms with Crippen LogP contribution in [0.5, 0.6) is 11.6 Å². The number of aryl methyl sites for hydroxylation is 1. The number of benzene rings is 3. The number of nitrogens with two attached hydrogens (primary N) is 1. The highest BCUT2D eigenvalue weighted by Crippen LogP contribution is 2.42. The highest BCUT2D eigenvalue weighted by molar-refractivity contribution is 7.45. The number of carbonyl (C=O) groups is 1. The zero-order valence-electron chi connectivity index (χ0n) is 28.8. The molecule has 260 valence electrons. The molecular formula is C36H45N6O6P. The quantitative estimate of drug-likeness (QED) is 0.0952. The highest BCUT2D eigenvalue weighted by atomic mass is 31.2. The van der Waals surface area contributed by atoms with Crippen LogP contribution in [0.25, 0.3) is 21.9 Å². The van der Waals surface area contributed by atoms with Gasteiger partial charge in [-0.25, -0.2) is 10.1 Å². The molecule has 0 bridgehead atoms. The van der Waals surface area contributed by atoms with Crippen LogP contribution in [0.15, 0.2) is 72.8 Å². The van der Waals surface area contributed by atoms with E-state index in [2.05, 4.69) is 27.0 Å². The number of rotatable bonds is 13. The maximum atomic E-state index is 13.0. The standard InChI is InChI=1S/C34H39N6O6P.C2H6/c1-5-42-31-29-30(37-34(35)38-31)40(23(4)36-29)32-21(2)18-26(45-32)20-44-47(46-28-17-11-15-25-14-9-10-16-27(25)28)39-22(3)33(41)43-19-24-12-7-6-8-13-24;1-2/h6-17,21-22,26,32,39H,5,18-20H2,1-4H3,(H2,35,37,38);1-2H3. The van der Waals surface area contributed by atoms with E-state index < -0.39 is 20.5 Å². The van der Waals surface area contributed by atoms with E-state index in [1.165, 1.54) is 0 Å². The van der Waals surface area contributed by atoms with Crippen LogP contribution >= 0.6 is 8.53 Å². The minimum atomic E-state index is -1.79. The van der Waals surface area contributed by atoms with Gasteiger partial charge in [0, 0.05) is 11.3 Å². The molecule has 1 saturated heterocycles. The fraction of sp³-hybridized carbons (Fsp3) is 0.389. The van der Waals surface area contributed by atoms with Crippen LogP contribution < -0.4 is 20.1 Å². The Labute approximate surface area is 288 Å². The first kappa shape index (κ1) is 35.9. The molecule has 1 aliphatic rings. The minimum Gasteiger partial charge on any atom is -0.476 e. The Morgan fingerprint density at radius 3 is 2.57 bits per heavy atom. The third kappa shape index (κ3) is 8.63. The maximum Gasteiger partial charge on any atom is 0.323 e. The molecule has 12 nitrogen and oxygen atoms in total. The van der Waals surface area contributed by atoms with Crippen LogP contribution in [0.4, 0.5) is 5.95 Å². The van der Waals surface area contributed by atoms with E-state index in [9.17, 15) is 4.79 Å². The molecule has 3 aromatic carbocycles. The zero-order chi connectivity index (χ0) is 34.9. The molecule has 0 amide bonds. The number of hydrogen-bond donors (Lipinski definition) is 2. The fourth-order valence-corrected chi connectivity index (χ4v) is 6.87. The summed E-state index contributed by atoms with van der Waals surface area (Å²) in [6, 6.07) is 22.7. The summed E-state index contributed by atoms with van der Waals surface area (Å²) in [6.07, 6.45) is 0.0949. The van der Waals surface area contributed by atoms with Gasteiger partial charge in [0.2, 0.25) is 11.8 Å². The third-order valence-corrected chi connectivity index (χ3v) is 9.22. The second-order valence-corrected chi connectivity index (χ2v) is 12.7. The minimum absolute atomic E-state index is 0.103. The van der Waals surface area contributed by atoms with Crippen molar-refractivity contribution in [1.82, 2.24) is 24.6 Å². The molecule has 5 aromatic rings. The Bertz CT molecular complexity index is 1830. The van der Waals surface area contributed by atoms with Crippen molar-refractivity contribution in [2.75, 3.05) is 18.9 Å². The van der Waals surface area contributed by atoms with Crippen LogP contribution in [-0.4, -0.2) is 50.8 Å². The second-order valence-electron chi connectivity index (χ2n) is 11.4. The molecule has 5 unspecified atom stereocenters. The Morgan fingerprint density at radius 2 is 1.80 bits per heavy atom. The first-order valence-electron chi connectivity index (χ1n) is 16.7. The van der Waals surface area contributed by atoms with Gasteiger partial charge in [-0.05, 0) is 44.2 Å². The summed E-state index contributed by atoms with van der Waals surface area (Å²) in [6.45, 7) is 12.4. The summed E-state index contributed by atoms with van der Waals surface area (Å²) in [5, 5.41) is 5.20. The van der Waals surface area contributed by atoms with Gasteiger partial charge in [0.05, 0.1) is 19.3 Å². The number of imidazole rings is 1. The highest BCUT2D eigenvalue weighted by Gasteiger charge is 2.37. The van der Waals surface area contributed by atoms with E-state index in [4.69, 9.17) is 29.0 Å². The molecule has 3 N–H and O–H groups in total. The number of carbonyl (C=O) groups excluding carboxylic acids is 1. The van der Waals surface area contributed by atoms with Crippen molar-refractivity contribution >= 4 is 42.4 Å². The molecule has 0 aliphatic carbocycles. The molecule has 13 heteroatoms. The molecule has 1 aliphatic heterocycles. The number of fused-ring (bicyclic) bond motifs is 2. The number of esters is 1. The Morgan fingerprint density at radius 1 is 1.06 bits per heavy atom. The lowest BCUT2D eigenvalue weighted by Crippen LogP contribution is -2.34. The lowest BCUT2D eigenvalue weighted by atomic mass is 10.1. The largest absolute Gasteiger partial charge is 0.476 e. The van der Waals surface area contributed by atoms with E-state index in [0.717, 1.165) is 22.8 Å². The van der Waals surface area contributed by atoms with E-state index in [0.29, 0.717) is 35.2 Å². The predicted molar refractivity (Wildman–Crippen MR) is 191 cm³/mol. The smallest absolute Gasteiger partial charge is 0.323 e. The molecule has 0 saturated carbocycles. The van der Waals surface area contributed by atoms with Crippen molar-refractivity contribution in [1.29, 1.82) is 0 Å². The fourth-order valence-electron chi connectivity index (χ4n) is 5.63. The van der Waals surface area contributed by atoms with Crippen molar-refractivity contribution in [2.45, 2.75) is 72.9 Å². The van der Waals surface area contributed by atoms with Crippen molar-refractivity contribution in [3.05, 3.63) is 84.2 Å². The number of nitrogens with zero attached hydrogens (tertiary/aromatic N) is 4. The summed E-state index contributed by atoms with van der Waals surface area (Å²) < 4.78 is 32.6. The van der Waals surface area contributed by atoms with Gasteiger partial charge >= 0.3 is 14.5 Å². The van der Waals surface area contributed by atoms with Crippen molar-refractivity contribution in [3.8, 4) is 11.6 Å². The second kappa shape index (κ2) is 16.8. The van der Waals surface area contributed by atoms with Gasteiger partial charge in [-0.3, -0.25) is 9.36 Å². The molecular weight excluding hydrogens is 643 g/mol. The average molecular weight is 689 g/mol. The van der Waals surface area contributed by atoms with Crippen LogP contribution in [0.1, 0.15) is 58.7 Å². The van der Waals surface area contributed by atoms with E-state index >= 15 is 0 Å². The van der Waals surface area contributed by atoms with Crippen LogP contribution in [0, 0.1) is 12.8 Å². The van der Waals surface area contributed by atoms with Gasteiger partial charge in [0.1, 0.15) is 30.5 Å². The number of nitrogen functional groups attached to an aromatic ring is 1. The third-order valence-electron chi connectivity index (χ3n) is 7.88. The van der Waals surface area contributed by atoms with E-state index in [1.807, 2.05) is 105 Å². The SMILES string of the molecule is CC.CCOc1nc(N)nc2c1nc(C)n2C1OC(COP(NC(C)C(=O)OCc2ccccc2)Oc2cccc3ccccc23)CC1C. The Balaban J connectivity index is 0.00000230. The topological polar surface area (TPSA) is 145 Å². The van der Waals surface area contributed by atoms with Crippen molar-refractivity contribution in [3.63, 3.8) is 0 Å². The van der Waals surface area contributed by atoms with Gasteiger partial charge in [0.15, 0.2) is 11.2 Å². The maximum absolute atomic E-state index is 13.0. The lowest BCUT2D eigenvalue weighted by Gasteiger charge is -2.24. The predicted octanol–water partition coefficient (Wildman–Crippen LogP) is 7.26. The van der Waals surface area contributed by atoms with E-state index in [1.54, 1.807) is 6.92 Å². The number of anilines is 1. The first-order valence-corrected chi connectivity index (χ1v) is 17.8. The number of nitrogens with one attached hydrogen (secondary N) is 1. The summed E-state index contributed by atoms with van der Waals surface area (Å²) in [7, 11) is -1.79. The molecule has 2 aromatic heterocycles. The van der Waals surface area contributed by atoms with Crippen molar-refractivity contribution in [2.24, 2.45) is 5.92 Å². The summed E-state index contributed by atoms with van der Waals surface area (Å²) in [5.74, 6) is 1.51. The molecule has 1 fully saturated rings. The van der Waals surface area contributed by atoms with Gasteiger partial charge < -0.3 is 29.0 Å². The summed E-state index contributed by atoms with van der Waals surface area (Å²) in [5.41, 5.74) is 8.03. The van der Waals surface area contributed by atoms with Crippen LogP contribution in [0.2, 0.25) is 0 Å². The molecule has 0 radical (unpaired) electrons. The molecule has 5 atom stereocenters. The average Bonchev–Trinajstić information content (AvgIpc) is 3.64. The first-order chi connectivity index (χ1) is 23.8. The zero-order valence-corrected chi connectivity index (χ0v) is 29.7. The summed E-state index contributed by atoms with van der Waals surface area (Å²) in [4.78, 5) is 26.4. The van der Waals surface area contributed by atoms with Crippen molar-refractivity contribution < 1.29 is 28.1 Å². The molecule has 6 rings (SSSR count). The lowest BCUT2D eigenvalue weighted by molar-refractivity contribution is -0.146. The molecule has 0 spiro atoms. The van der Waals surface area contributed by atoms with Crippen LogP contribution in [-0.2, 0) is 25.4 Å².